The highest BCUT2D eigenvalue weighted by atomic mass is 16.5. The van der Waals surface area contributed by atoms with Gasteiger partial charge in [0.2, 0.25) is 0 Å². The van der Waals surface area contributed by atoms with E-state index in [-0.39, 0.29) is 5.97 Å². The van der Waals surface area contributed by atoms with Gasteiger partial charge in [-0.05, 0) is 131 Å². The second-order valence-corrected chi connectivity index (χ2v) is 9.02. The Hall–Kier alpha value is -4.43. The summed E-state index contributed by atoms with van der Waals surface area (Å²) in [5.74, 6) is -0.309. The average molecular weight is 437 g/mol. The molecule has 0 aliphatic carbocycles. The molecular weight excluding hydrogens is 416 g/mol. The SMILES string of the molecule is COC(=O)c1cccc2cc3cc4cc5cc6cc7ccccc7cc6cc5cc4cc3cc12. The molecule has 2 heteroatoms. The lowest BCUT2D eigenvalue weighted by Gasteiger charge is -2.10. The second-order valence-electron chi connectivity index (χ2n) is 9.02. The van der Waals surface area contributed by atoms with Crippen LogP contribution in [0.1, 0.15) is 10.4 Å². The first-order chi connectivity index (χ1) is 16.7. The maximum absolute atomic E-state index is 12.3. The largest absolute Gasteiger partial charge is 0.465 e. The van der Waals surface area contributed by atoms with Gasteiger partial charge in [0.15, 0.2) is 0 Å². The lowest BCUT2D eigenvalue weighted by molar-refractivity contribution is 0.0603. The fourth-order valence-electron chi connectivity index (χ4n) is 5.26. The standard InChI is InChI=1S/C32H20O2/c1-34-32(33)30-8-4-7-21-11-24-14-27-15-25-12-22-9-19-5-2-3-6-20(19)10-23(22)13-26(25)16-28(27)17-29(24)18-31(21)30/h2-18H,1H3. The zero-order chi connectivity index (χ0) is 22.8. The molecule has 0 saturated heterocycles. The number of hydrogen-bond acceptors (Lipinski definition) is 2. The number of fused-ring (bicyclic) bond motifs is 6. The van der Waals surface area contributed by atoms with Gasteiger partial charge in [0.25, 0.3) is 0 Å². The van der Waals surface area contributed by atoms with Crippen LogP contribution in [0, 0.1) is 0 Å². The average Bonchev–Trinajstić information content (AvgIpc) is 2.86. The van der Waals surface area contributed by atoms with Crippen LogP contribution >= 0.6 is 0 Å². The second kappa shape index (κ2) is 7.03. The molecule has 0 heterocycles. The van der Waals surface area contributed by atoms with Crippen molar-refractivity contribution in [3.05, 3.63) is 109 Å². The summed E-state index contributed by atoms with van der Waals surface area (Å²) in [5.41, 5.74) is 0.596. The molecule has 160 valence electrons. The van der Waals surface area contributed by atoms with Crippen LogP contribution in [0.15, 0.2) is 103 Å². The molecule has 0 amide bonds. The molecule has 0 aromatic heterocycles. The summed E-state index contributed by atoms with van der Waals surface area (Å²) in [6.45, 7) is 0. The van der Waals surface area contributed by atoms with Gasteiger partial charge in [-0.3, -0.25) is 0 Å². The highest BCUT2D eigenvalue weighted by Crippen LogP contribution is 2.33. The molecule has 0 unspecified atom stereocenters. The number of esters is 1. The molecule has 0 spiro atoms. The Bertz CT molecular complexity index is 1960. The van der Waals surface area contributed by atoms with Gasteiger partial charge in [0.1, 0.15) is 0 Å². The number of hydrogen-bond donors (Lipinski definition) is 0. The van der Waals surface area contributed by atoms with Gasteiger partial charge in [0.05, 0.1) is 12.7 Å². The van der Waals surface area contributed by atoms with Crippen molar-refractivity contribution in [2.24, 2.45) is 0 Å². The van der Waals surface area contributed by atoms with Gasteiger partial charge >= 0.3 is 5.97 Å². The predicted octanol–water partition coefficient (Wildman–Crippen LogP) is 8.39. The van der Waals surface area contributed by atoms with Crippen LogP contribution in [0.3, 0.4) is 0 Å². The number of carbonyl (C=O) groups is 1. The first kappa shape index (κ1) is 19.1. The predicted molar refractivity (Wildman–Crippen MR) is 143 cm³/mol. The Balaban J connectivity index is 1.50. The highest BCUT2D eigenvalue weighted by Gasteiger charge is 2.11. The summed E-state index contributed by atoms with van der Waals surface area (Å²) in [6.07, 6.45) is 0. The molecule has 0 aliphatic rings. The Kier molecular flexibility index (Phi) is 3.95. The molecule has 34 heavy (non-hydrogen) atoms. The molecule has 7 aromatic rings. The smallest absolute Gasteiger partial charge is 0.338 e. The van der Waals surface area contributed by atoms with E-state index in [0.29, 0.717) is 5.56 Å². The Morgan fingerprint density at radius 3 is 1.32 bits per heavy atom. The third-order valence-electron chi connectivity index (χ3n) is 6.97. The molecular formula is C32H20O2. The van der Waals surface area contributed by atoms with Gasteiger partial charge in [-0.2, -0.15) is 0 Å². The van der Waals surface area contributed by atoms with Gasteiger partial charge in [0, 0.05) is 0 Å². The molecule has 0 atom stereocenters. The van der Waals surface area contributed by atoms with Crippen molar-refractivity contribution in [2.75, 3.05) is 7.11 Å². The number of ether oxygens (including phenoxy) is 1. The molecule has 0 radical (unpaired) electrons. The summed E-state index contributed by atoms with van der Waals surface area (Å²) in [7, 11) is 1.42. The lowest BCUT2D eigenvalue weighted by Crippen LogP contribution is -2.01. The van der Waals surface area contributed by atoms with Gasteiger partial charge in [-0.1, -0.05) is 36.4 Å². The fraction of sp³-hybridized carbons (Fsp3) is 0.0312. The van der Waals surface area contributed by atoms with Crippen molar-refractivity contribution in [1.29, 1.82) is 0 Å². The number of benzene rings is 7. The fourth-order valence-corrected chi connectivity index (χ4v) is 5.26. The van der Waals surface area contributed by atoms with E-state index in [9.17, 15) is 4.79 Å². The van der Waals surface area contributed by atoms with E-state index in [0.717, 1.165) is 21.5 Å². The van der Waals surface area contributed by atoms with E-state index in [1.165, 1.54) is 50.2 Å². The number of methoxy groups -OCH3 is 1. The van der Waals surface area contributed by atoms with Crippen LogP contribution in [-0.4, -0.2) is 13.1 Å². The quantitative estimate of drug-likeness (QED) is 0.191. The van der Waals surface area contributed by atoms with Crippen molar-refractivity contribution < 1.29 is 9.53 Å². The molecule has 7 aromatic carbocycles. The third-order valence-corrected chi connectivity index (χ3v) is 6.97. The van der Waals surface area contributed by atoms with Gasteiger partial charge in [-0.15, -0.1) is 0 Å². The Morgan fingerprint density at radius 1 is 0.471 bits per heavy atom. The van der Waals surface area contributed by atoms with E-state index < -0.39 is 0 Å². The molecule has 0 N–H and O–H groups in total. The van der Waals surface area contributed by atoms with E-state index in [2.05, 4.69) is 84.9 Å². The topological polar surface area (TPSA) is 26.3 Å². The van der Waals surface area contributed by atoms with E-state index >= 15 is 0 Å². The lowest BCUT2D eigenvalue weighted by atomic mass is 9.94. The van der Waals surface area contributed by atoms with Crippen molar-refractivity contribution in [3.63, 3.8) is 0 Å². The minimum atomic E-state index is -0.309. The minimum Gasteiger partial charge on any atom is -0.465 e. The van der Waals surface area contributed by atoms with E-state index in [4.69, 9.17) is 4.74 Å². The molecule has 0 bridgehead atoms. The van der Waals surface area contributed by atoms with E-state index in [1.54, 1.807) is 0 Å². The van der Waals surface area contributed by atoms with Crippen molar-refractivity contribution in [1.82, 2.24) is 0 Å². The summed E-state index contributed by atoms with van der Waals surface area (Å²) >= 11 is 0. The maximum Gasteiger partial charge on any atom is 0.338 e. The highest BCUT2D eigenvalue weighted by molar-refractivity contribution is 6.13. The van der Waals surface area contributed by atoms with Crippen molar-refractivity contribution >= 4 is 70.6 Å². The Labute approximate surface area is 196 Å². The zero-order valence-electron chi connectivity index (χ0n) is 18.6. The van der Waals surface area contributed by atoms with Crippen LogP contribution in [0.2, 0.25) is 0 Å². The molecule has 0 aliphatic heterocycles. The minimum absolute atomic E-state index is 0.309. The number of carbonyl (C=O) groups excluding carboxylic acids is 1. The van der Waals surface area contributed by atoms with Crippen LogP contribution in [0.4, 0.5) is 0 Å². The van der Waals surface area contributed by atoms with Crippen LogP contribution in [-0.2, 0) is 4.74 Å². The van der Waals surface area contributed by atoms with E-state index in [1.807, 2.05) is 18.2 Å². The van der Waals surface area contributed by atoms with Gasteiger partial charge in [-0.25, -0.2) is 4.79 Å². The van der Waals surface area contributed by atoms with Crippen molar-refractivity contribution in [2.45, 2.75) is 0 Å². The Morgan fingerprint density at radius 2 is 0.853 bits per heavy atom. The van der Waals surface area contributed by atoms with Crippen LogP contribution in [0.25, 0.3) is 64.6 Å². The summed E-state index contributed by atoms with van der Waals surface area (Å²) < 4.78 is 5.00. The normalized spacial score (nSPS) is 11.8. The van der Waals surface area contributed by atoms with Gasteiger partial charge < -0.3 is 4.74 Å². The van der Waals surface area contributed by atoms with Crippen molar-refractivity contribution in [3.8, 4) is 0 Å². The molecule has 7 rings (SSSR count). The summed E-state index contributed by atoms with van der Waals surface area (Å²) in [6, 6.07) is 36.7. The summed E-state index contributed by atoms with van der Waals surface area (Å²) in [5, 5.41) is 14.1. The third kappa shape index (κ3) is 2.85. The van der Waals surface area contributed by atoms with Crippen LogP contribution in [0.5, 0.6) is 0 Å². The maximum atomic E-state index is 12.3. The summed E-state index contributed by atoms with van der Waals surface area (Å²) in [4.78, 5) is 12.3. The molecule has 0 fully saturated rings. The molecule has 2 nitrogen and oxygen atoms in total. The number of rotatable bonds is 1. The zero-order valence-corrected chi connectivity index (χ0v) is 18.6. The molecule has 0 saturated carbocycles. The monoisotopic (exact) mass is 436 g/mol. The first-order valence-corrected chi connectivity index (χ1v) is 11.4. The first-order valence-electron chi connectivity index (χ1n) is 11.4. The van der Waals surface area contributed by atoms with Crippen LogP contribution < -0.4 is 0 Å².